The number of hydrogen-bond acceptors (Lipinski definition) is 7. The Labute approximate surface area is 274 Å². The summed E-state index contributed by atoms with van der Waals surface area (Å²) in [7, 11) is 0. The van der Waals surface area contributed by atoms with Crippen LogP contribution in [0.1, 0.15) is 56.9 Å². The van der Waals surface area contributed by atoms with Gasteiger partial charge in [0.1, 0.15) is 24.7 Å². The first kappa shape index (κ1) is 32.4. The normalized spacial score (nSPS) is 10.9. The second kappa shape index (κ2) is 15.3. The van der Waals surface area contributed by atoms with Gasteiger partial charge in [-0.3, -0.25) is 4.79 Å². The number of carbonyl (C=O) groups excluding carboxylic acids is 1. The standard InChI is InChI=1S/C38H36N4O5/c1-5-9-29-20-28(21-36(44-6-2)37(29)46-24-31-11-8-7-10-30(31)22-39)23-40-41-38(43)35-19-18-34(47-35)25-45-33-16-14-32(15-17-33)42-26(3)12-13-27(42)4/h5,7-8,10-21,23H,1,6,9,24-25H2,2-4H3,(H,41,43)/b40-23+. The summed E-state index contributed by atoms with van der Waals surface area (Å²) in [5.74, 6) is 1.89. The Bertz CT molecular complexity index is 1910. The number of carbonyl (C=O) groups is 1. The average molecular weight is 629 g/mol. The summed E-state index contributed by atoms with van der Waals surface area (Å²) < 4.78 is 25.8. The highest BCUT2D eigenvalue weighted by molar-refractivity contribution is 5.92. The van der Waals surface area contributed by atoms with Crippen LogP contribution in [0.4, 0.5) is 0 Å². The monoisotopic (exact) mass is 628 g/mol. The molecule has 5 rings (SSSR count). The minimum absolute atomic E-state index is 0.110. The fourth-order valence-corrected chi connectivity index (χ4v) is 5.12. The fraction of sp³-hybridized carbons (Fsp3) is 0.184. The van der Waals surface area contributed by atoms with Gasteiger partial charge < -0.3 is 23.2 Å². The first-order valence-corrected chi connectivity index (χ1v) is 15.2. The van der Waals surface area contributed by atoms with Crippen molar-refractivity contribution in [3.8, 4) is 29.0 Å². The minimum atomic E-state index is -0.498. The molecule has 0 spiro atoms. The van der Waals surface area contributed by atoms with Gasteiger partial charge in [0.2, 0.25) is 0 Å². The molecule has 2 aromatic heterocycles. The van der Waals surface area contributed by atoms with E-state index in [1.807, 2.05) is 55.5 Å². The van der Waals surface area contributed by atoms with Crippen molar-refractivity contribution in [2.24, 2.45) is 5.10 Å². The number of furan rings is 1. The van der Waals surface area contributed by atoms with Gasteiger partial charge in [0.25, 0.3) is 0 Å². The number of aromatic nitrogens is 1. The fourth-order valence-electron chi connectivity index (χ4n) is 5.12. The van der Waals surface area contributed by atoms with Gasteiger partial charge in [0, 0.05) is 28.2 Å². The van der Waals surface area contributed by atoms with Crippen LogP contribution in [0.5, 0.6) is 17.2 Å². The molecule has 0 saturated heterocycles. The van der Waals surface area contributed by atoms with E-state index in [1.54, 1.807) is 30.3 Å². The number of benzene rings is 3. The predicted molar refractivity (Wildman–Crippen MR) is 180 cm³/mol. The van der Waals surface area contributed by atoms with Crippen LogP contribution in [0.25, 0.3) is 5.69 Å². The highest BCUT2D eigenvalue weighted by atomic mass is 16.5. The van der Waals surface area contributed by atoms with Gasteiger partial charge in [0.05, 0.1) is 24.5 Å². The van der Waals surface area contributed by atoms with Crippen molar-refractivity contribution in [3.63, 3.8) is 0 Å². The largest absolute Gasteiger partial charge is 0.490 e. The van der Waals surface area contributed by atoms with E-state index in [-0.39, 0.29) is 19.0 Å². The Balaban J connectivity index is 1.20. The molecule has 5 aromatic rings. The lowest BCUT2D eigenvalue weighted by Gasteiger charge is -2.17. The van der Waals surface area contributed by atoms with E-state index >= 15 is 0 Å². The molecule has 9 nitrogen and oxygen atoms in total. The Morgan fingerprint density at radius 3 is 2.45 bits per heavy atom. The number of nitriles is 1. The Hall–Kier alpha value is -6.01. The van der Waals surface area contributed by atoms with Crippen molar-refractivity contribution in [1.29, 1.82) is 5.26 Å². The van der Waals surface area contributed by atoms with Gasteiger partial charge in [-0.05, 0) is 99.5 Å². The molecular formula is C38H36N4O5. The van der Waals surface area contributed by atoms with E-state index in [2.05, 4.69) is 53.7 Å². The predicted octanol–water partition coefficient (Wildman–Crippen LogP) is 7.61. The third-order valence-corrected chi connectivity index (χ3v) is 7.34. The van der Waals surface area contributed by atoms with E-state index in [0.29, 0.717) is 47.2 Å². The molecule has 238 valence electrons. The molecular weight excluding hydrogens is 592 g/mol. The summed E-state index contributed by atoms with van der Waals surface area (Å²) >= 11 is 0. The van der Waals surface area contributed by atoms with Crippen LogP contribution in [-0.2, 0) is 19.6 Å². The van der Waals surface area contributed by atoms with Crippen LogP contribution in [0, 0.1) is 25.2 Å². The van der Waals surface area contributed by atoms with Crippen molar-refractivity contribution in [3.05, 3.63) is 143 Å². The number of aryl methyl sites for hydroxylation is 2. The van der Waals surface area contributed by atoms with E-state index in [9.17, 15) is 10.1 Å². The van der Waals surface area contributed by atoms with Crippen molar-refractivity contribution < 1.29 is 23.4 Å². The van der Waals surface area contributed by atoms with E-state index in [0.717, 1.165) is 28.2 Å². The molecule has 0 aliphatic heterocycles. The number of nitrogens with one attached hydrogen (secondary N) is 1. The Kier molecular flexibility index (Phi) is 10.6. The van der Waals surface area contributed by atoms with E-state index in [1.165, 1.54) is 6.21 Å². The second-order valence-corrected chi connectivity index (χ2v) is 10.7. The molecule has 0 unspecified atom stereocenters. The molecule has 47 heavy (non-hydrogen) atoms. The smallest absolute Gasteiger partial charge is 0.307 e. The lowest BCUT2D eigenvalue weighted by molar-refractivity contribution is 0.0923. The average Bonchev–Trinajstić information content (AvgIpc) is 3.70. The molecule has 1 N–H and O–H groups in total. The van der Waals surface area contributed by atoms with Crippen LogP contribution < -0.4 is 19.6 Å². The number of hydrogen-bond donors (Lipinski definition) is 1. The molecule has 0 radical (unpaired) electrons. The highest BCUT2D eigenvalue weighted by Crippen LogP contribution is 2.34. The summed E-state index contributed by atoms with van der Waals surface area (Å²) in [4.78, 5) is 12.7. The lowest BCUT2D eigenvalue weighted by Crippen LogP contribution is -2.16. The number of amides is 1. The number of rotatable bonds is 14. The number of allylic oxidation sites excluding steroid dienone is 1. The molecule has 0 saturated carbocycles. The van der Waals surface area contributed by atoms with Gasteiger partial charge in [-0.2, -0.15) is 10.4 Å². The number of ether oxygens (including phenoxy) is 3. The van der Waals surface area contributed by atoms with Crippen molar-refractivity contribution in [1.82, 2.24) is 9.99 Å². The first-order valence-electron chi connectivity index (χ1n) is 15.2. The number of nitrogens with zero attached hydrogens (tertiary/aromatic N) is 3. The zero-order valence-electron chi connectivity index (χ0n) is 26.7. The second-order valence-electron chi connectivity index (χ2n) is 10.7. The third-order valence-electron chi connectivity index (χ3n) is 7.34. The highest BCUT2D eigenvalue weighted by Gasteiger charge is 2.15. The van der Waals surface area contributed by atoms with Gasteiger partial charge >= 0.3 is 5.91 Å². The van der Waals surface area contributed by atoms with Gasteiger partial charge in [-0.15, -0.1) is 6.58 Å². The van der Waals surface area contributed by atoms with Crippen LogP contribution in [0.15, 0.2) is 107 Å². The van der Waals surface area contributed by atoms with E-state index < -0.39 is 5.91 Å². The van der Waals surface area contributed by atoms with Gasteiger partial charge in [-0.1, -0.05) is 24.3 Å². The Morgan fingerprint density at radius 2 is 1.72 bits per heavy atom. The molecule has 0 bridgehead atoms. The van der Waals surface area contributed by atoms with Gasteiger partial charge in [0.15, 0.2) is 17.3 Å². The first-order chi connectivity index (χ1) is 22.9. The van der Waals surface area contributed by atoms with Gasteiger partial charge in [-0.25, -0.2) is 5.43 Å². The molecule has 0 aliphatic rings. The van der Waals surface area contributed by atoms with Crippen molar-refractivity contribution in [2.45, 2.75) is 40.4 Å². The molecule has 0 aliphatic carbocycles. The summed E-state index contributed by atoms with van der Waals surface area (Å²) in [6.45, 7) is 10.7. The molecule has 0 fully saturated rings. The zero-order valence-corrected chi connectivity index (χ0v) is 26.7. The maximum absolute atomic E-state index is 12.7. The SMILES string of the molecule is C=CCc1cc(/C=N/NC(=O)c2ccc(COc3ccc(-n4c(C)ccc4C)cc3)o2)cc(OCC)c1OCc1ccccc1C#N. The molecule has 3 aromatic carbocycles. The zero-order chi connectivity index (χ0) is 33.2. The third kappa shape index (κ3) is 7.99. The molecule has 2 heterocycles. The molecule has 0 atom stereocenters. The van der Waals surface area contributed by atoms with Crippen LogP contribution >= 0.6 is 0 Å². The topological polar surface area (TPSA) is 111 Å². The summed E-state index contributed by atoms with van der Waals surface area (Å²) in [6, 6.07) is 28.4. The van der Waals surface area contributed by atoms with Crippen LogP contribution in [-0.4, -0.2) is 23.3 Å². The van der Waals surface area contributed by atoms with Crippen molar-refractivity contribution in [2.75, 3.05) is 6.61 Å². The van der Waals surface area contributed by atoms with E-state index in [4.69, 9.17) is 18.6 Å². The minimum Gasteiger partial charge on any atom is -0.490 e. The van der Waals surface area contributed by atoms with Crippen molar-refractivity contribution >= 4 is 12.1 Å². The molecule has 9 heteroatoms. The number of hydrazone groups is 1. The quantitative estimate of drug-likeness (QED) is 0.0770. The van der Waals surface area contributed by atoms with Crippen LogP contribution in [0.2, 0.25) is 0 Å². The molecule has 1 amide bonds. The maximum Gasteiger partial charge on any atom is 0.307 e. The summed E-state index contributed by atoms with van der Waals surface area (Å²) in [5, 5.41) is 13.6. The maximum atomic E-state index is 12.7. The lowest BCUT2D eigenvalue weighted by atomic mass is 10.1. The summed E-state index contributed by atoms with van der Waals surface area (Å²) in [5.41, 5.74) is 8.73. The van der Waals surface area contributed by atoms with Crippen LogP contribution in [0.3, 0.4) is 0 Å². The summed E-state index contributed by atoms with van der Waals surface area (Å²) in [6.07, 6.45) is 3.80. The Morgan fingerprint density at radius 1 is 0.957 bits per heavy atom.